The molecule has 8 heteroatoms. The van der Waals surface area contributed by atoms with Gasteiger partial charge in [0, 0.05) is 62.3 Å². The number of β-amino-alcohol motifs (C(OH)–C–C–N with tert-alkyl or cyclic N) is 1. The summed E-state index contributed by atoms with van der Waals surface area (Å²) in [4.78, 5) is 32.1. The van der Waals surface area contributed by atoms with Gasteiger partial charge in [-0.3, -0.25) is 24.3 Å². The van der Waals surface area contributed by atoms with E-state index in [0.29, 0.717) is 30.8 Å². The van der Waals surface area contributed by atoms with Crippen LogP contribution in [0.5, 0.6) is 5.75 Å². The van der Waals surface area contributed by atoms with Gasteiger partial charge in [0.2, 0.25) is 0 Å². The third-order valence-electron chi connectivity index (χ3n) is 7.19. The molecule has 1 saturated heterocycles. The molecule has 1 N–H and O–H groups in total. The van der Waals surface area contributed by atoms with Crippen LogP contribution >= 0.6 is 0 Å². The van der Waals surface area contributed by atoms with Gasteiger partial charge in [-0.1, -0.05) is 42.0 Å². The summed E-state index contributed by atoms with van der Waals surface area (Å²) in [6.07, 6.45) is -0.566. The van der Waals surface area contributed by atoms with Crippen LogP contribution < -0.4 is 17.1 Å². The van der Waals surface area contributed by atoms with Gasteiger partial charge in [0.25, 0.3) is 11.8 Å². The van der Waals surface area contributed by atoms with E-state index < -0.39 is 6.10 Å². The molecule has 3 aromatic rings. The first-order valence-electron chi connectivity index (χ1n) is 12.6. The number of benzene rings is 3. The summed E-state index contributed by atoms with van der Waals surface area (Å²) in [5.74, 6) is 0.384. The van der Waals surface area contributed by atoms with Crippen LogP contribution in [0.4, 0.5) is 0 Å². The van der Waals surface area contributed by atoms with Crippen molar-refractivity contribution in [2.45, 2.75) is 20.0 Å². The second-order valence-electron chi connectivity index (χ2n) is 9.85. The Balaban J connectivity index is 0.00000200. The van der Waals surface area contributed by atoms with Gasteiger partial charge in [0.05, 0.1) is 0 Å². The zero-order chi connectivity index (χ0) is 25.2. The summed E-state index contributed by atoms with van der Waals surface area (Å²) in [6, 6.07) is 17.3. The molecular weight excluding hydrogens is 490 g/mol. The Morgan fingerprint density at radius 1 is 0.892 bits per heavy atom. The van der Waals surface area contributed by atoms with E-state index in [1.165, 1.54) is 10.5 Å². The molecule has 0 aromatic heterocycles. The third-order valence-corrected chi connectivity index (χ3v) is 7.19. The quantitative estimate of drug-likeness (QED) is 0.426. The summed E-state index contributed by atoms with van der Waals surface area (Å²) in [5, 5.41) is 12.2. The van der Waals surface area contributed by atoms with Crippen molar-refractivity contribution in [3.05, 3.63) is 76.9 Å². The lowest BCUT2D eigenvalue weighted by Gasteiger charge is -2.36. The van der Waals surface area contributed by atoms with Gasteiger partial charge in [0.1, 0.15) is 18.5 Å². The largest absolute Gasteiger partial charge is 1.00 e. The fourth-order valence-electron chi connectivity index (χ4n) is 5.22. The van der Waals surface area contributed by atoms with Crippen molar-refractivity contribution in [1.82, 2.24) is 14.7 Å². The lowest BCUT2D eigenvalue weighted by Crippen LogP contribution is -3.00. The Labute approximate surface area is 225 Å². The molecule has 0 aliphatic carbocycles. The van der Waals surface area contributed by atoms with Crippen molar-refractivity contribution in [2.24, 2.45) is 0 Å². The molecule has 196 valence electrons. The van der Waals surface area contributed by atoms with E-state index in [1.807, 2.05) is 62.4 Å². The highest BCUT2D eigenvalue weighted by Gasteiger charge is 2.33. The number of rotatable bonds is 8. The molecule has 0 saturated carbocycles. The van der Waals surface area contributed by atoms with Crippen LogP contribution in [0.3, 0.4) is 0 Å². The first-order valence-corrected chi connectivity index (χ1v) is 12.6. The van der Waals surface area contributed by atoms with Gasteiger partial charge in [-0.15, -0.1) is 0 Å². The number of carbonyl (C=O) groups is 2. The van der Waals surface area contributed by atoms with E-state index in [0.717, 1.165) is 48.3 Å². The number of ether oxygens (including phenoxy) is 1. The summed E-state index contributed by atoms with van der Waals surface area (Å²) in [5.41, 5.74) is 3.46. The number of hydrogen-bond donors (Lipinski definition) is 1. The van der Waals surface area contributed by atoms with Crippen LogP contribution in [0.15, 0.2) is 54.6 Å². The first kappa shape index (κ1) is 27.1. The highest BCUT2D eigenvalue weighted by atomic mass is 35.5. The van der Waals surface area contributed by atoms with Crippen molar-refractivity contribution in [3.8, 4) is 5.75 Å². The van der Waals surface area contributed by atoms with Gasteiger partial charge in [-0.25, -0.2) is 0 Å². The Kier molecular flexibility index (Phi) is 8.49. The van der Waals surface area contributed by atoms with E-state index in [1.54, 1.807) is 0 Å². The van der Waals surface area contributed by atoms with E-state index in [9.17, 15) is 14.7 Å². The number of imide groups is 1. The highest BCUT2D eigenvalue weighted by Crippen LogP contribution is 2.29. The zero-order valence-corrected chi connectivity index (χ0v) is 22.1. The summed E-state index contributed by atoms with van der Waals surface area (Å²) in [6.45, 7) is 9.19. The topological polar surface area (TPSA) is 73.3 Å². The van der Waals surface area contributed by atoms with E-state index in [2.05, 4.69) is 15.9 Å². The third kappa shape index (κ3) is 5.80. The fraction of sp³-hybridized carbons (Fsp3) is 0.379. The van der Waals surface area contributed by atoms with Crippen LogP contribution in [-0.4, -0.2) is 90.1 Å². The highest BCUT2D eigenvalue weighted by molar-refractivity contribution is 6.25. The van der Waals surface area contributed by atoms with Crippen LogP contribution in [0.1, 0.15) is 33.3 Å². The molecule has 1 unspecified atom stereocenters. The molecule has 37 heavy (non-hydrogen) atoms. The van der Waals surface area contributed by atoms with Gasteiger partial charge in [0.15, 0.2) is 0 Å². The average Bonchev–Trinajstić information content (AvgIpc) is 2.87. The number of aliphatic hydroxyl groups is 1. The number of nitrogens with zero attached hydrogens (tertiary/aromatic N) is 3. The van der Waals surface area contributed by atoms with Crippen molar-refractivity contribution in [1.29, 1.82) is 0 Å². The molecule has 2 amide bonds. The summed E-state index contributed by atoms with van der Waals surface area (Å²) < 4.78 is 5.83. The van der Waals surface area contributed by atoms with Crippen LogP contribution in [0.25, 0.3) is 10.8 Å². The minimum atomic E-state index is -0.566. The average molecular weight is 524 g/mol. The van der Waals surface area contributed by atoms with Crippen LogP contribution in [-0.2, 0) is 0 Å². The second kappa shape index (κ2) is 11.6. The van der Waals surface area contributed by atoms with Crippen LogP contribution in [0.2, 0.25) is 0 Å². The first-order chi connectivity index (χ1) is 17.4. The van der Waals surface area contributed by atoms with Crippen LogP contribution in [0, 0.1) is 13.8 Å². The van der Waals surface area contributed by atoms with Crippen molar-refractivity contribution in [2.75, 3.05) is 52.4 Å². The maximum atomic E-state index is 13.1. The molecule has 5 rings (SSSR count). The molecule has 1 atom stereocenters. The molecule has 0 bridgehead atoms. The lowest BCUT2D eigenvalue weighted by molar-refractivity contribution is -0.0000341. The lowest BCUT2D eigenvalue weighted by atomic mass is 9.94. The zero-order valence-electron chi connectivity index (χ0n) is 22.3. The number of halogens is 1. The van der Waals surface area contributed by atoms with Gasteiger partial charge < -0.3 is 22.3 Å². The predicted octanol–water partition coefficient (Wildman–Crippen LogP) is 0.227. The number of carbonyl (C=O) groups excluding carboxylic acids is 2. The predicted molar refractivity (Wildman–Crippen MR) is 141 cm³/mol. The SMILES string of the molecule is Cc1ccc(OCC(O)CN2CCN(CCN3C(=O)c4cccc5cccc(c45)C3=O)CC2)c(C)c1.[Cl-].[H+]. The number of piperazine rings is 1. The molecule has 7 nitrogen and oxygen atoms in total. The van der Waals surface area contributed by atoms with Crippen molar-refractivity contribution in [3.63, 3.8) is 0 Å². The standard InChI is InChI=1S/C29H33N3O4.ClH/c1-20-9-10-26(21(2)17-20)36-19-23(33)18-31-13-11-30(12-14-31)15-16-32-28(34)24-7-3-5-22-6-4-8-25(27(22)24)29(32)35;/h3-10,17,23,33H,11-16,18-19H2,1-2H3;1H. The Bertz CT molecular complexity index is 1250. The van der Waals surface area contributed by atoms with Crippen molar-refractivity contribution >= 4 is 22.6 Å². The van der Waals surface area contributed by atoms with Gasteiger partial charge in [-0.2, -0.15) is 0 Å². The minimum Gasteiger partial charge on any atom is -1.00 e. The number of aryl methyl sites for hydroxylation is 2. The summed E-state index contributed by atoms with van der Waals surface area (Å²) >= 11 is 0. The normalized spacial score (nSPS) is 17.1. The Hall–Kier alpha value is -2.97. The Morgan fingerprint density at radius 3 is 2.14 bits per heavy atom. The maximum Gasteiger partial charge on any atom is 1.00 e. The molecule has 2 aliphatic rings. The second-order valence-corrected chi connectivity index (χ2v) is 9.85. The van der Waals surface area contributed by atoms with Crippen molar-refractivity contribution < 1.29 is 33.3 Å². The number of hydrogen-bond acceptors (Lipinski definition) is 6. The number of amides is 2. The molecule has 2 heterocycles. The molecule has 0 spiro atoms. The molecule has 1 fully saturated rings. The monoisotopic (exact) mass is 523 g/mol. The smallest absolute Gasteiger partial charge is 1.00 e. The minimum absolute atomic E-state index is 0. The summed E-state index contributed by atoms with van der Waals surface area (Å²) in [7, 11) is 0. The fourth-order valence-corrected chi connectivity index (χ4v) is 5.22. The Morgan fingerprint density at radius 2 is 1.51 bits per heavy atom. The van der Waals surface area contributed by atoms with Gasteiger partial charge in [-0.05, 0) is 43.0 Å². The van der Waals surface area contributed by atoms with E-state index >= 15 is 0 Å². The molecule has 2 aliphatic heterocycles. The molecule has 3 aromatic carbocycles. The molecular formula is C29H34ClN3O4. The molecule has 0 radical (unpaired) electrons. The van der Waals surface area contributed by atoms with E-state index in [-0.39, 0.29) is 32.3 Å². The van der Waals surface area contributed by atoms with E-state index in [4.69, 9.17) is 4.74 Å². The number of aliphatic hydroxyl groups excluding tert-OH is 1. The van der Waals surface area contributed by atoms with Gasteiger partial charge >= 0.3 is 1.43 Å². The maximum absolute atomic E-state index is 13.1.